The van der Waals surface area contributed by atoms with Gasteiger partial charge in [-0.3, -0.25) is 4.79 Å². The smallest absolute Gasteiger partial charge is 0.243 e. The van der Waals surface area contributed by atoms with Crippen molar-refractivity contribution >= 4 is 23.0 Å². The van der Waals surface area contributed by atoms with Crippen molar-refractivity contribution in [1.29, 1.82) is 0 Å². The van der Waals surface area contributed by atoms with E-state index in [-0.39, 0.29) is 12.5 Å². The largest absolute Gasteiger partial charge is 0.376 e. The van der Waals surface area contributed by atoms with E-state index in [1.165, 1.54) is 11.3 Å². The summed E-state index contributed by atoms with van der Waals surface area (Å²) in [6.45, 7) is 8.62. The van der Waals surface area contributed by atoms with Gasteiger partial charge in [0, 0.05) is 43.2 Å². The SMILES string of the molecule is Cc1ccc(NCC(=O)Nc2ccc(N3CCN(C)CC3)cc2)c(C)c1. The van der Waals surface area contributed by atoms with Crippen LogP contribution in [-0.4, -0.2) is 50.6 Å². The highest BCUT2D eigenvalue weighted by molar-refractivity contribution is 5.94. The van der Waals surface area contributed by atoms with Crippen LogP contribution in [-0.2, 0) is 4.79 Å². The molecule has 1 fully saturated rings. The fourth-order valence-corrected chi connectivity index (χ4v) is 3.21. The number of hydrogen-bond donors (Lipinski definition) is 2. The Hall–Kier alpha value is -2.53. The maximum Gasteiger partial charge on any atom is 0.243 e. The van der Waals surface area contributed by atoms with Crippen molar-refractivity contribution in [3.8, 4) is 0 Å². The van der Waals surface area contributed by atoms with E-state index in [1.54, 1.807) is 0 Å². The molecule has 26 heavy (non-hydrogen) atoms. The lowest BCUT2D eigenvalue weighted by atomic mass is 10.1. The average Bonchev–Trinajstić information content (AvgIpc) is 2.62. The molecule has 2 aromatic rings. The summed E-state index contributed by atoms with van der Waals surface area (Å²) in [6, 6.07) is 14.3. The molecule has 0 saturated carbocycles. The summed E-state index contributed by atoms with van der Waals surface area (Å²) >= 11 is 0. The first-order valence-electron chi connectivity index (χ1n) is 9.16. The zero-order chi connectivity index (χ0) is 18.5. The van der Waals surface area contributed by atoms with Crippen LogP contribution in [0.4, 0.5) is 17.1 Å². The van der Waals surface area contributed by atoms with Gasteiger partial charge >= 0.3 is 0 Å². The minimum atomic E-state index is -0.0441. The number of rotatable bonds is 5. The van der Waals surface area contributed by atoms with Crippen LogP contribution in [0.15, 0.2) is 42.5 Å². The minimum absolute atomic E-state index is 0.0441. The predicted molar refractivity (Wildman–Crippen MR) is 109 cm³/mol. The molecule has 0 aliphatic carbocycles. The maximum atomic E-state index is 12.2. The third kappa shape index (κ3) is 4.76. The Labute approximate surface area is 156 Å². The van der Waals surface area contributed by atoms with Crippen molar-refractivity contribution in [2.75, 3.05) is 55.3 Å². The van der Waals surface area contributed by atoms with Gasteiger partial charge in [0.1, 0.15) is 0 Å². The van der Waals surface area contributed by atoms with Crippen LogP contribution in [0.25, 0.3) is 0 Å². The zero-order valence-electron chi connectivity index (χ0n) is 15.9. The Kier molecular flexibility index (Phi) is 5.78. The van der Waals surface area contributed by atoms with E-state index in [1.807, 2.05) is 31.2 Å². The van der Waals surface area contributed by atoms with Gasteiger partial charge in [-0.2, -0.15) is 0 Å². The van der Waals surface area contributed by atoms with Gasteiger partial charge in [0.05, 0.1) is 6.54 Å². The number of aryl methyl sites for hydroxylation is 2. The van der Waals surface area contributed by atoms with E-state index in [4.69, 9.17) is 0 Å². The van der Waals surface area contributed by atoms with Crippen molar-refractivity contribution in [2.45, 2.75) is 13.8 Å². The number of anilines is 3. The van der Waals surface area contributed by atoms with E-state index in [0.29, 0.717) is 0 Å². The lowest BCUT2D eigenvalue weighted by Crippen LogP contribution is -2.44. The van der Waals surface area contributed by atoms with Crippen LogP contribution in [0.3, 0.4) is 0 Å². The second-order valence-corrected chi connectivity index (χ2v) is 7.06. The van der Waals surface area contributed by atoms with Crippen molar-refractivity contribution < 1.29 is 4.79 Å². The number of amides is 1. The standard InChI is InChI=1S/C21H28N4O/c1-16-4-9-20(17(2)14-16)22-15-21(26)23-18-5-7-19(8-6-18)25-12-10-24(3)11-13-25/h4-9,14,22H,10-13,15H2,1-3H3,(H,23,26). The van der Waals surface area contributed by atoms with Crippen molar-refractivity contribution in [3.63, 3.8) is 0 Å². The summed E-state index contributed by atoms with van der Waals surface area (Å²) in [7, 11) is 2.15. The molecule has 3 rings (SSSR count). The molecule has 2 N–H and O–H groups in total. The van der Waals surface area contributed by atoms with E-state index < -0.39 is 0 Å². The van der Waals surface area contributed by atoms with E-state index >= 15 is 0 Å². The molecule has 2 aromatic carbocycles. The number of piperazine rings is 1. The lowest BCUT2D eigenvalue weighted by Gasteiger charge is -2.34. The van der Waals surface area contributed by atoms with Gasteiger partial charge in [-0.15, -0.1) is 0 Å². The summed E-state index contributed by atoms with van der Waals surface area (Å²) < 4.78 is 0. The fraction of sp³-hybridized carbons (Fsp3) is 0.381. The third-order valence-electron chi connectivity index (χ3n) is 4.84. The molecule has 138 valence electrons. The van der Waals surface area contributed by atoms with E-state index in [0.717, 1.165) is 43.1 Å². The van der Waals surface area contributed by atoms with Gasteiger partial charge in [0.25, 0.3) is 0 Å². The van der Waals surface area contributed by atoms with Crippen molar-refractivity contribution in [3.05, 3.63) is 53.6 Å². The number of nitrogens with one attached hydrogen (secondary N) is 2. The van der Waals surface area contributed by atoms with Crippen molar-refractivity contribution in [1.82, 2.24) is 4.90 Å². The molecule has 0 aromatic heterocycles. The molecule has 1 aliphatic rings. The van der Waals surface area contributed by atoms with Gasteiger partial charge in [-0.1, -0.05) is 17.7 Å². The molecule has 1 amide bonds. The Morgan fingerprint density at radius 1 is 1.00 bits per heavy atom. The normalized spacial score (nSPS) is 15.0. The van der Waals surface area contributed by atoms with E-state index in [2.05, 4.69) is 52.6 Å². The number of likely N-dealkylation sites (N-methyl/N-ethyl adjacent to an activating group) is 1. The van der Waals surface area contributed by atoms with Crippen LogP contribution in [0.2, 0.25) is 0 Å². The molecule has 5 heteroatoms. The number of carbonyl (C=O) groups is 1. The molecule has 1 saturated heterocycles. The summed E-state index contributed by atoms with van der Waals surface area (Å²) in [5.74, 6) is -0.0441. The van der Waals surface area contributed by atoms with Gasteiger partial charge in [0.2, 0.25) is 5.91 Å². The Bertz CT molecular complexity index is 749. The predicted octanol–water partition coefficient (Wildman–Crippen LogP) is 3.11. The highest BCUT2D eigenvalue weighted by atomic mass is 16.1. The van der Waals surface area contributed by atoms with Crippen LogP contribution in [0.5, 0.6) is 0 Å². The number of hydrogen-bond acceptors (Lipinski definition) is 4. The van der Waals surface area contributed by atoms with Gasteiger partial charge in [0.15, 0.2) is 0 Å². The highest BCUT2D eigenvalue weighted by Crippen LogP contribution is 2.19. The monoisotopic (exact) mass is 352 g/mol. The van der Waals surface area contributed by atoms with Gasteiger partial charge < -0.3 is 20.4 Å². The number of benzene rings is 2. The molecule has 1 aliphatic heterocycles. The second-order valence-electron chi connectivity index (χ2n) is 7.06. The number of carbonyl (C=O) groups excluding carboxylic acids is 1. The first-order valence-corrected chi connectivity index (χ1v) is 9.16. The quantitative estimate of drug-likeness (QED) is 0.868. The van der Waals surface area contributed by atoms with Crippen LogP contribution in [0.1, 0.15) is 11.1 Å². The molecule has 0 spiro atoms. The summed E-state index contributed by atoms with van der Waals surface area (Å²) in [4.78, 5) is 16.9. The molecule has 5 nitrogen and oxygen atoms in total. The average molecular weight is 352 g/mol. The van der Waals surface area contributed by atoms with Crippen LogP contribution in [0, 0.1) is 13.8 Å². The Balaban J connectivity index is 1.51. The Morgan fingerprint density at radius 3 is 2.35 bits per heavy atom. The van der Waals surface area contributed by atoms with Crippen LogP contribution < -0.4 is 15.5 Å². The summed E-state index contributed by atoms with van der Waals surface area (Å²) in [5.41, 5.74) is 5.41. The second kappa shape index (κ2) is 8.23. The third-order valence-corrected chi connectivity index (χ3v) is 4.84. The highest BCUT2D eigenvalue weighted by Gasteiger charge is 2.14. The first-order chi connectivity index (χ1) is 12.5. The molecule has 0 atom stereocenters. The molecule has 0 radical (unpaired) electrons. The van der Waals surface area contributed by atoms with Gasteiger partial charge in [-0.05, 0) is 56.8 Å². The molecular formula is C21H28N4O. The first kappa shape index (κ1) is 18.3. The maximum absolute atomic E-state index is 12.2. The summed E-state index contributed by atoms with van der Waals surface area (Å²) in [6.07, 6.45) is 0. The lowest BCUT2D eigenvalue weighted by molar-refractivity contribution is -0.114. The topological polar surface area (TPSA) is 47.6 Å². The van der Waals surface area contributed by atoms with E-state index in [9.17, 15) is 4.79 Å². The zero-order valence-corrected chi connectivity index (χ0v) is 15.9. The molecular weight excluding hydrogens is 324 g/mol. The fourth-order valence-electron chi connectivity index (χ4n) is 3.21. The van der Waals surface area contributed by atoms with Crippen LogP contribution >= 0.6 is 0 Å². The number of nitrogens with zero attached hydrogens (tertiary/aromatic N) is 2. The molecule has 0 unspecified atom stereocenters. The minimum Gasteiger partial charge on any atom is -0.376 e. The molecule has 1 heterocycles. The van der Waals surface area contributed by atoms with Crippen molar-refractivity contribution in [2.24, 2.45) is 0 Å². The molecule has 0 bridgehead atoms. The van der Waals surface area contributed by atoms with Gasteiger partial charge in [-0.25, -0.2) is 0 Å². The Morgan fingerprint density at radius 2 is 1.69 bits per heavy atom. The summed E-state index contributed by atoms with van der Waals surface area (Å²) in [5, 5.41) is 6.15.